The van der Waals surface area contributed by atoms with Gasteiger partial charge in [0.1, 0.15) is 0 Å². The summed E-state index contributed by atoms with van der Waals surface area (Å²) in [6, 6.07) is 9.00. The summed E-state index contributed by atoms with van der Waals surface area (Å²) in [4.78, 5) is 0. The third kappa shape index (κ3) is 2.91. The van der Waals surface area contributed by atoms with Crippen LogP contribution in [0, 0.1) is 6.92 Å². The molecule has 0 bridgehead atoms. The molecular weight excluding hydrogens is 336 g/mol. The zero-order chi connectivity index (χ0) is 9.19. The molecule has 1 aromatic rings. The predicted molar refractivity (Wildman–Crippen MR) is 47.4 cm³/mol. The van der Waals surface area contributed by atoms with E-state index in [1.54, 1.807) is 19.1 Å². The smallest absolute Gasteiger partial charge is 0.0845 e. The zero-order valence-electron chi connectivity index (χ0n) is 7.47. The average Bonchev–Trinajstić information content (AvgIpc) is 2.06. The molecule has 72 valence electrons. The molecule has 0 saturated carbocycles. The van der Waals surface area contributed by atoms with Crippen molar-refractivity contribution in [1.82, 2.24) is 0 Å². The minimum atomic E-state index is -1.26. The van der Waals surface area contributed by atoms with Crippen molar-refractivity contribution in [2.45, 2.75) is 18.6 Å². The van der Waals surface area contributed by atoms with Crippen molar-refractivity contribution < 1.29 is 31.3 Å². The minimum Gasteiger partial charge on any atom is -0.422 e. The first-order chi connectivity index (χ1) is 5.55. The van der Waals surface area contributed by atoms with Crippen LogP contribution >= 0.6 is 0 Å². The first-order valence-electron chi connectivity index (χ1n) is 3.84. The molecule has 0 saturated heterocycles. The Morgan fingerprint density at radius 1 is 1.31 bits per heavy atom. The van der Waals surface area contributed by atoms with E-state index in [9.17, 15) is 10.2 Å². The predicted octanol–water partition coefficient (Wildman–Crippen LogP) is 1.09. The van der Waals surface area contributed by atoms with Crippen molar-refractivity contribution in [2.75, 3.05) is 0 Å². The van der Waals surface area contributed by atoms with Crippen molar-refractivity contribution >= 4 is 0 Å². The number of benzene rings is 1. The van der Waals surface area contributed by atoms with E-state index < -0.39 is 11.7 Å². The Morgan fingerprint density at radius 2 is 1.77 bits per heavy atom. The second kappa shape index (κ2) is 4.90. The van der Waals surface area contributed by atoms with Gasteiger partial charge < -0.3 is 17.1 Å². The Kier molecular flexibility index (Phi) is 4.83. The molecule has 1 aromatic carbocycles. The fourth-order valence-electron chi connectivity index (χ4n) is 0.968. The summed E-state index contributed by atoms with van der Waals surface area (Å²) in [6.45, 7) is 4.93. The van der Waals surface area contributed by atoms with Crippen LogP contribution in [-0.2, 0) is 26.7 Å². The van der Waals surface area contributed by atoms with Gasteiger partial charge >= 0.3 is 0 Å². The first kappa shape index (κ1) is 12.8. The van der Waals surface area contributed by atoms with Gasteiger partial charge in [0.25, 0.3) is 0 Å². The maximum atomic E-state index is 9.75. The van der Waals surface area contributed by atoms with Crippen molar-refractivity contribution in [2.24, 2.45) is 0 Å². The molecule has 0 radical (unpaired) electrons. The van der Waals surface area contributed by atoms with Gasteiger partial charge in [0.05, 0.1) is 5.60 Å². The van der Waals surface area contributed by atoms with Crippen molar-refractivity contribution in [3.05, 3.63) is 42.8 Å². The van der Waals surface area contributed by atoms with Crippen LogP contribution in [0.25, 0.3) is 0 Å². The summed E-state index contributed by atoms with van der Waals surface area (Å²) in [5.74, 6) is 0. The van der Waals surface area contributed by atoms with E-state index in [0.717, 1.165) is 0 Å². The molecule has 2 N–H and O–H groups in total. The van der Waals surface area contributed by atoms with Gasteiger partial charge in [0.2, 0.25) is 0 Å². The summed E-state index contributed by atoms with van der Waals surface area (Å²) >= 11 is 0. The van der Waals surface area contributed by atoms with Gasteiger partial charge in [0, 0.05) is 21.1 Å². The molecule has 0 aliphatic rings. The molecule has 2 unspecified atom stereocenters. The topological polar surface area (TPSA) is 40.5 Å². The largest absolute Gasteiger partial charge is 0.422 e. The van der Waals surface area contributed by atoms with E-state index >= 15 is 0 Å². The molecule has 2 atom stereocenters. The summed E-state index contributed by atoms with van der Waals surface area (Å²) < 4.78 is 0. The molecule has 1 rings (SSSR count). The van der Waals surface area contributed by atoms with E-state index in [1.807, 2.05) is 18.2 Å². The van der Waals surface area contributed by atoms with E-state index in [0.29, 0.717) is 5.56 Å². The Labute approximate surface area is 92.9 Å². The number of aliphatic hydroxyl groups excluding tert-OH is 1. The van der Waals surface area contributed by atoms with Crippen molar-refractivity contribution in [3.8, 4) is 0 Å². The van der Waals surface area contributed by atoms with E-state index in [2.05, 4.69) is 6.92 Å². The zero-order valence-corrected chi connectivity index (χ0v) is 10.4. The maximum Gasteiger partial charge on any atom is 0.0845 e. The van der Waals surface area contributed by atoms with Crippen LogP contribution in [0.1, 0.15) is 12.5 Å². The molecule has 2 nitrogen and oxygen atoms in total. The Morgan fingerprint density at radius 3 is 2.15 bits per heavy atom. The van der Waals surface area contributed by atoms with Crippen LogP contribution in [0.5, 0.6) is 0 Å². The molecule has 0 aliphatic heterocycles. The molecular formula is C10H13O2W-. The molecule has 0 aliphatic carbocycles. The molecule has 0 spiro atoms. The van der Waals surface area contributed by atoms with Gasteiger partial charge in [-0.1, -0.05) is 30.3 Å². The summed E-state index contributed by atoms with van der Waals surface area (Å²) in [6.07, 6.45) is -1.01. The van der Waals surface area contributed by atoms with Crippen LogP contribution in [-0.4, -0.2) is 16.3 Å². The Balaban J connectivity index is 0.00000144. The van der Waals surface area contributed by atoms with Gasteiger partial charge in [-0.05, 0) is 18.6 Å². The fourth-order valence-corrected chi connectivity index (χ4v) is 0.968. The Hall–Kier alpha value is -0.172. The normalized spacial score (nSPS) is 16.9. The van der Waals surface area contributed by atoms with Crippen LogP contribution in [0.3, 0.4) is 0 Å². The Bertz CT molecular complexity index is 244. The van der Waals surface area contributed by atoms with Gasteiger partial charge in [-0.2, -0.15) is 0 Å². The SMILES string of the molecule is [CH2-]C(O)C(C)(O)c1ccccc1.[W]. The van der Waals surface area contributed by atoms with E-state index in [4.69, 9.17) is 0 Å². The minimum absolute atomic E-state index is 0. The number of hydrogen-bond donors (Lipinski definition) is 2. The van der Waals surface area contributed by atoms with Crippen molar-refractivity contribution in [3.63, 3.8) is 0 Å². The standard InChI is InChI=1S/C10H13O2.W/c1-8(11)10(2,12)9-6-4-3-5-7-9;/h3-8,11-12H,1H2,2H3;/q-1;. The monoisotopic (exact) mass is 349 g/mol. The second-order valence-corrected chi connectivity index (χ2v) is 3.03. The number of aliphatic hydroxyl groups is 2. The first-order valence-corrected chi connectivity index (χ1v) is 3.84. The summed E-state index contributed by atoms with van der Waals surface area (Å²) in [7, 11) is 0. The van der Waals surface area contributed by atoms with Crippen LogP contribution in [0.2, 0.25) is 0 Å². The fraction of sp³-hybridized carbons (Fsp3) is 0.300. The molecule has 13 heavy (non-hydrogen) atoms. The van der Waals surface area contributed by atoms with Gasteiger partial charge in [0.15, 0.2) is 0 Å². The van der Waals surface area contributed by atoms with Gasteiger partial charge in [-0.3, -0.25) is 0 Å². The summed E-state index contributed by atoms with van der Waals surface area (Å²) in [5, 5.41) is 18.9. The van der Waals surface area contributed by atoms with Crippen molar-refractivity contribution in [1.29, 1.82) is 0 Å². The third-order valence-electron chi connectivity index (χ3n) is 2.01. The van der Waals surface area contributed by atoms with Crippen LogP contribution in [0.15, 0.2) is 30.3 Å². The van der Waals surface area contributed by atoms with E-state index in [1.165, 1.54) is 0 Å². The molecule has 0 aromatic heterocycles. The summed E-state index contributed by atoms with van der Waals surface area (Å²) in [5.41, 5.74) is -0.589. The molecule has 0 heterocycles. The molecule has 0 amide bonds. The number of rotatable bonds is 2. The third-order valence-corrected chi connectivity index (χ3v) is 2.01. The van der Waals surface area contributed by atoms with Gasteiger partial charge in [-0.25, -0.2) is 0 Å². The average molecular weight is 349 g/mol. The van der Waals surface area contributed by atoms with Gasteiger partial charge in [-0.15, -0.1) is 0 Å². The maximum absolute atomic E-state index is 9.75. The van der Waals surface area contributed by atoms with Crippen LogP contribution < -0.4 is 0 Å². The quantitative estimate of drug-likeness (QED) is 0.785. The molecule has 3 heteroatoms. The van der Waals surface area contributed by atoms with E-state index in [-0.39, 0.29) is 21.1 Å². The molecule has 0 fully saturated rings. The number of hydrogen-bond acceptors (Lipinski definition) is 2. The van der Waals surface area contributed by atoms with Crippen LogP contribution in [0.4, 0.5) is 0 Å². The second-order valence-electron chi connectivity index (χ2n) is 3.03.